The Hall–Kier alpha value is -3.54. The fourth-order valence-electron chi connectivity index (χ4n) is 4.45. The van der Waals surface area contributed by atoms with Gasteiger partial charge in [0.1, 0.15) is 5.69 Å². The van der Waals surface area contributed by atoms with Crippen molar-refractivity contribution < 1.29 is 9.59 Å². The number of benzene rings is 2. The number of carbonyl (C=O) groups excluding carboxylic acids is 2. The van der Waals surface area contributed by atoms with Gasteiger partial charge in [0.05, 0.1) is 11.6 Å². The average Bonchev–Trinajstić information content (AvgIpc) is 3.28. The molecule has 1 aromatic heterocycles. The average molecular weight is 443 g/mol. The van der Waals surface area contributed by atoms with Crippen LogP contribution >= 0.6 is 0 Å². The molecule has 3 aromatic rings. The summed E-state index contributed by atoms with van der Waals surface area (Å²) in [6.45, 7) is 5.64. The van der Waals surface area contributed by atoms with Crippen LogP contribution in [0.2, 0.25) is 0 Å². The molecule has 33 heavy (non-hydrogen) atoms. The molecular formula is C27H30N4O2. The van der Waals surface area contributed by atoms with E-state index in [1.165, 1.54) is 12.4 Å². The molecule has 1 N–H and O–H groups in total. The van der Waals surface area contributed by atoms with E-state index >= 15 is 0 Å². The van der Waals surface area contributed by atoms with Crippen LogP contribution in [0, 0.1) is 11.3 Å². The maximum atomic E-state index is 13.6. The van der Waals surface area contributed by atoms with Gasteiger partial charge in [0.25, 0.3) is 5.91 Å². The largest absolute Gasteiger partial charge is 0.355 e. The van der Waals surface area contributed by atoms with Gasteiger partial charge in [-0.05, 0) is 35.4 Å². The summed E-state index contributed by atoms with van der Waals surface area (Å²) in [4.78, 5) is 36.5. The Balaban J connectivity index is 1.65. The number of aromatic nitrogens is 2. The van der Waals surface area contributed by atoms with Crippen molar-refractivity contribution >= 4 is 11.8 Å². The quantitative estimate of drug-likeness (QED) is 0.600. The predicted molar refractivity (Wildman–Crippen MR) is 128 cm³/mol. The van der Waals surface area contributed by atoms with Crippen molar-refractivity contribution in [2.75, 3.05) is 19.6 Å². The lowest BCUT2D eigenvalue weighted by Crippen LogP contribution is -2.46. The zero-order valence-corrected chi connectivity index (χ0v) is 19.2. The third-order valence-corrected chi connectivity index (χ3v) is 6.21. The SMILES string of the molecule is CC(C)CNC(=O)[C@@]1(Cc2ccccc2-c2ccccc2)CCN(C(=O)c2cnccn2)C1. The van der Waals surface area contributed by atoms with Crippen LogP contribution < -0.4 is 5.32 Å². The van der Waals surface area contributed by atoms with Crippen LogP contribution in [-0.4, -0.2) is 46.3 Å². The normalized spacial score (nSPS) is 17.8. The third-order valence-electron chi connectivity index (χ3n) is 6.21. The van der Waals surface area contributed by atoms with Crippen LogP contribution in [0.3, 0.4) is 0 Å². The lowest BCUT2D eigenvalue weighted by molar-refractivity contribution is -0.130. The van der Waals surface area contributed by atoms with Gasteiger partial charge in [-0.15, -0.1) is 0 Å². The number of hydrogen-bond acceptors (Lipinski definition) is 4. The van der Waals surface area contributed by atoms with Gasteiger partial charge in [0, 0.05) is 32.0 Å². The minimum absolute atomic E-state index is 0.00788. The van der Waals surface area contributed by atoms with Gasteiger partial charge in [-0.25, -0.2) is 4.98 Å². The Morgan fingerprint density at radius 3 is 2.55 bits per heavy atom. The van der Waals surface area contributed by atoms with E-state index in [4.69, 9.17) is 0 Å². The molecule has 2 heterocycles. The summed E-state index contributed by atoms with van der Waals surface area (Å²) in [6, 6.07) is 18.4. The van der Waals surface area contributed by atoms with E-state index < -0.39 is 5.41 Å². The Morgan fingerprint density at radius 2 is 1.82 bits per heavy atom. The zero-order chi connectivity index (χ0) is 23.3. The molecule has 2 amide bonds. The fourth-order valence-corrected chi connectivity index (χ4v) is 4.45. The number of nitrogens with zero attached hydrogens (tertiary/aromatic N) is 3. The van der Waals surface area contributed by atoms with Gasteiger partial charge >= 0.3 is 0 Å². The molecule has 170 valence electrons. The van der Waals surface area contributed by atoms with Gasteiger partial charge in [0.2, 0.25) is 5.91 Å². The highest BCUT2D eigenvalue weighted by molar-refractivity contribution is 5.93. The molecule has 0 bridgehead atoms. The van der Waals surface area contributed by atoms with E-state index in [1.54, 1.807) is 11.1 Å². The Morgan fingerprint density at radius 1 is 1.06 bits per heavy atom. The topological polar surface area (TPSA) is 75.2 Å². The predicted octanol–water partition coefficient (Wildman–Crippen LogP) is 3.99. The van der Waals surface area contributed by atoms with E-state index in [2.05, 4.69) is 53.4 Å². The van der Waals surface area contributed by atoms with E-state index in [-0.39, 0.29) is 11.8 Å². The Bertz CT molecular complexity index is 1100. The van der Waals surface area contributed by atoms with Crippen LogP contribution in [0.15, 0.2) is 73.2 Å². The smallest absolute Gasteiger partial charge is 0.274 e. The summed E-state index contributed by atoms with van der Waals surface area (Å²) < 4.78 is 0. The Kier molecular flexibility index (Phi) is 6.82. The summed E-state index contributed by atoms with van der Waals surface area (Å²) in [5.74, 6) is 0.174. The second-order valence-corrected chi connectivity index (χ2v) is 9.15. The van der Waals surface area contributed by atoms with E-state index in [0.717, 1.165) is 16.7 Å². The minimum Gasteiger partial charge on any atom is -0.355 e. The maximum absolute atomic E-state index is 13.6. The highest BCUT2D eigenvalue weighted by Crippen LogP contribution is 2.38. The molecule has 1 fully saturated rings. The van der Waals surface area contributed by atoms with Crippen LogP contribution in [0.5, 0.6) is 0 Å². The number of nitrogens with one attached hydrogen (secondary N) is 1. The Labute approximate surface area is 195 Å². The molecular weight excluding hydrogens is 412 g/mol. The van der Waals surface area contributed by atoms with Crippen molar-refractivity contribution in [2.45, 2.75) is 26.7 Å². The summed E-state index contributed by atoms with van der Waals surface area (Å²) in [7, 11) is 0. The molecule has 6 nitrogen and oxygen atoms in total. The van der Waals surface area contributed by atoms with Gasteiger partial charge in [-0.3, -0.25) is 14.6 Å². The van der Waals surface area contributed by atoms with E-state index in [1.807, 2.05) is 30.3 Å². The van der Waals surface area contributed by atoms with Crippen molar-refractivity contribution in [1.82, 2.24) is 20.2 Å². The first-order valence-electron chi connectivity index (χ1n) is 11.5. The summed E-state index contributed by atoms with van der Waals surface area (Å²) in [5.41, 5.74) is 2.96. The first-order valence-corrected chi connectivity index (χ1v) is 11.5. The molecule has 1 saturated heterocycles. The van der Waals surface area contributed by atoms with Gasteiger partial charge < -0.3 is 10.2 Å². The molecule has 0 spiro atoms. The standard InChI is InChI=1S/C27H30N4O2/c1-20(2)17-30-26(33)27(12-15-31(19-27)25(32)24-18-28-13-14-29-24)16-22-10-6-7-11-23(22)21-8-4-3-5-9-21/h3-11,13-14,18,20H,12,15-17,19H2,1-2H3,(H,30,33)/t27-/m1/s1. The van der Waals surface area contributed by atoms with Crippen molar-refractivity contribution in [3.05, 3.63) is 84.4 Å². The highest BCUT2D eigenvalue weighted by Gasteiger charge is 2.46. The first-order chi connectivity index (χ1) is 16.0. The van der Waals surface area contributed by atoms with Crippen molar-refractivity contribution in [3.8, 4) is 11.1 Å². The molecule has 1 aliphatic rings. The fraction of sp³-hybridized carbons (Fsp3) is 0.333. The molecule has 0 radical (unpaired) electrons. The van der Waals surface area contributed by atoms with E-state index in [9.17, 15) is 9.59 Å². The zero-order valence-electron chi connectivity index (χ0n) is 19.2. The van der Waals surface area contributed by atoms with Gasteiger partial charge in [-0.2, -0.15) is 0 Å². The van der Waals surface area contributed by atoms with Crippen LogP contribution in [0.4, 0.5) is 0 Å². The van der Waals surface area contributed by atoms with Crippen LogP contribution in [0.1, 0.15) is 36.3 Å². The summed E-state index contributed by atoms with van der Waals surface area (Å²) in [6.07, 6.45) is 5.71. The van der Waals surface area contributed by atoms with Gasteiger partial charge in [0.15, 0.2) is 0 Å². The molecule has 1 atom stereocenters. The second kappa shape index (κ2) is 9.94. The van der Waals surface area contributed by atoms with Crippen molar-refractivity contribution in [3.63, 3.8) is 0 Å². The molecule has 6 heteroatoms. The number of amides is 2. The van der Waals surface area contributed by atoms with Crippen molar-refractivity contribution in [2.24, 2.45) is 11.3 Å². The first kappa shape index (κ1) is 22.6. The molecule has 0 aliphatic carbocycles. The molecule has 1 aliphatic heterocycles. The molecule has 0 saturated carbocycles. The van der Waals surface area contributed by atoms with Gasteiger partial charge in [-0.1, -0.05) is 68.4 Å². The van der Waals surface area contributed by atoms with E-state index in [0.29, 0.717) is 44.1 Å². The molecule has 2 aromatic carbocycles. The summed E-state index contributed by atoms with van der Waals surface area (Å²) in [5, 5.41) is 3.14. The monoisotopic (exact) mass is 442 g/mol. The number of likely N-dealkylation sites (tertiary alicyclic amines) is 1. The second-order valence-electron chi connectivity index (χ2n) is 9.15. The minimum atomic E-state index is -0.697. The van der Waals surface area contributed by atoms with Crippen LogP contribution in [0.25, 0.3) is 11.1 Å². The van der Waals surface area contributed by atoms with Crippen molar-refractivity contribution in [1.29, 1.82) is 0 Å². The summed E-state index contributed by atoms with van der Waals surface area (Å²) >= 11 is 0. The number of rotatable bonds is 7. The lowest BCUT2D eigenvalue weighted by Gasteiger charge is -2.29. The lowest BCUT2D eigenvalue weighted by atomic mass is 9.78. The number of hydrogen-bond donors (Lipinski definition) is 1. The number of carbonyl (C=O) groups is 2. The maximum Gasteiger partial charge on any atom is 0.274 e. The molecule has 4 rings (SSSR count). The van der Waals surface area contributed by atoms with Crippen LogP contribution in [-0.2, 0) is 11.2 Å². The highest BCUT2D eigenvalue weighted by atomic mass is 16.2. The molecule has 0 unspecified atom stereocenters. The third kappa shape index (κ3) is 5.11.